The molecule has 0 aliphatic heterocycles. The van der Waals surface area contributed by atoms with Gasteiger partial charge in [-0.05, 0) is 23.8 Å². The molecule has 0 bridgehead atoms. The topological polar surface area (TPSA) is 99.0 Å². The number of hydrogen-bond acceptors (Lipinski definition) is 5. The van der Waals surface area contributed by atoms with Crippen molar-refractivity contribution in [3.05, 3.63) is 114 Å². The van der Waals surface area contributed by atoms with E-state index in [9.17, 15) is 14.4 Å². The third-order valence-corrected chi connectivity index (χ3v) is 4.87. The van der Waals surface area contributed by atoms with Crippen molar-refractivity contribution in [2.45, 2.75) is 6.54 Å². The zero-order valence-electron chi connectivity index (χ0n) is 15.8. The second-order valence-electron chi connectivity index (χ2n) is 6.51. The van der Waals surface area contributed by atoms with E-state index in [-0.39, 0.29) is 27.0 Å². The van der Waals surface area contributed by atoms with Crippen LogP contribution >= 0.6 is 23.2 Å². The Balaban J connectivity index is 1.65. The van der Waals surface area contributed by atoms with E-state index in [0.717, 1.165) is 16.4 Å². The SMILES string of the molecule is O=c1cnn(-c2cc(Cl)c(Oc3ccc(=O)n(Cc4ccccc4)c3)c(Cl)c2)c(=O)[nH]1. The summed E-state index contributed by atoms with van der Waals surface area (Å²) in [4.78, 5) is 37.5. The van der Waals surface area contributed by atoms with Crippen LogP contribution < -0.4 is 21.5 Å². The molecule has 4 aromatic rings. The summed E-state index contributed by atoms with van der Waals surface area (Å²) in [5.74, 6) is 0.501. The van der Waals surface area contributed by atoms with Crippen molar-refractivity contribution in [1.82, 2.24) is 19.3 Å². The lowest BCUT2D eigenvalue weighted by molar-refractivity contribution is 0.474. The highest BCUT2D eigenvalue weighted by atomic mass is 35.5. The minimum Gasteiger partial charge on any atom is -0.453 e. The Hall–Kier alpha value is -3.62. The first-order valence-electron chi connectivity index (χ1n) is 9.01. The number of H-pyrrole nitrogens is 1. The first-order chi connectivity index (χ1) is 14.9. The van der Waals surface area contributed by atoms with E-state index in [4.69, 9.17) is 27.9 Å². The van der Waals surface area contributed by atoms with Gasteiger partial charge in [0.25, 0.3) is 11.1 Å². The zero-order valence-corrected chi connectivity index (χ0v) is 17.3. The predicted molar refractivity (Wildman–Crippen MR) is 117 cm³/mol. The number of pyridine rings is 1. The van der Waals surface area contributed by atoms with E-state index in [1.807, 2.05) is 30.3 Å². The molecular weight excluding hydrogens is 443 g/mol. The van der Waals surface area contributed by atoms with Gasteiger partial charge in [-0.3, -0.25) is 14.6 Å². The van der Waals surface area contributed by atoms with Crippen LogP contribution in [0.25, 0.3) is 5.69 Å². The summed E-state index contributed by atoms with van der Waals surface area (Å²) in [5, 5.41) is 4.00. The lowest BCUT2D eigenvalue weighted by Crippen LogP contribution is -2.30. The average Bonchev–Trinajstić information content (AvgIpc) is 2.73. The van der Waals surface area contributed by atoms with Crippen LogP contribution in [0.4, 0.5) is 0 Å². The van der Waals surface area contributed by atoms with Gasteiger partial charge in [-0.25, -0.2) is 4.79 Å². The third-order valence-electron chi connectivity index (χ3n) is 4.31. The number of benzene rings is 2. The van der Waals surface area contributed by atoms with Gasteiger partial charge in [0, 0.05) is 6.07 Å². The van der Waals surface area contributed by atoms with E-state index >= 15 is 0 Å². The molecule has 31 heavy (non-hydrogen) atoms. The molecule has 4 rings (SSSR count). The highest BCUT2D eigenvalue weighted by molar-refractivity contribution is 6.37. The van der Waals surface area contributed by atoms with Gasteiger partial charge in [-0.2, -0.15) is 9.78 Å². The van der Waals surface area contributed by atoms with E-state index in [0.29, 0.717) is 12.3 Å². The van der Waals surface area contributed by atoms with Crippen LogP contribution in [0.1, 0.15) is 5.56 Å². The number of rotatable bonds is 5. The van der Waals surface area contributed by atoms with Gasteiger partial charge in [0.1, 0.15) is 11.9 Å². The van der Waals surface area contributed by atoms with Crippen LogP contribution in [0.3, 0.4) is 0 Å². The summed E-state index contributed by atoms with van der Waals surface area (Å²) in [6, 6.07) is 15.3. The van der Waals surface area contributed by atoms with Crippen LogP contribution in [0.15, 0.2) is 81.4 Å². The van der Waals surface area contributed by atoms with Crippen molar-refractivity contribution in [2.24, 2.45) is 0 Å². The van der Waals surface area contributed by atoms with Gasteiger partial charge in [0.15, 0.2) is 5.75 Å². The average molecular weight is 457 g/mol. The number of hydrogen-bond donors (Lipinski definition) is 1. The van der Waals surface area contributed by atoms with Gasteiger partial charge < -0.3 is 9.30 Å². The summed E-state index contributed by atoms with van der Waals surface area (Å²) in [6.45, 7) is 0.373. The number of halogens is 2. The van der Waals surface area contributed by atoms with Gasteiger partial charge in [-0.15, -0.1) is 0 Å². The van der Waals surface area contributed by atoms with Crippen molar-refractivity contribution in [1.29, 1.82) is 0 Å². The number of aromatic amines is 1. The fraction of sp³-hybridized carbons (Fsp3) is 0.0476. The molecule has 0 amide bonds. The molecule has 0 aliphatic carbocycles. The molecule has 2 aromatic heterocycles. The fourth-order valence-corrected chi connectivity index (χ4v) is 3.45. The number of nitrogens with one attached hydrogen (secondary N) is 1. The smallest absolute Gasteiger partial charge is 0.349 e. The van der Waals surface area contributed by atoms with Crippen LogP contribution in [0, 0.1) is 0 Å². The maximum absolute atomic E-state index is 12.2. The van der Waals surface area contributed by atoms with E-state index in [1.165, 1.54) is 28.8 Å². The molecule has 2 aromatic carbocycles. The zero-order chi connectivity index (χ0) is 22.0. The van der Waals surface area contributed by atoms with Crippen molar-refractivity contribution >= 4 is 23.2 Å². The van der Waals surface area contributed by atoms with Gasteiger partial charge in [0.2, 0.25) is 0 Å². The summed E-state index contributed by atoms with van der Waals surface area (Å²) >= 11 is 12.7. The van der Waals surface area contributed by atoms with Crippen molar-refractivity contribution < 1.29 is 4.74 Å². The molecule has 0 radical (unpaired) electrons. The Bertz CT molecular complexity index is 1400. The lowest BCUT2D eigenvalue weighted by atomic mass is 10.2. The molecule has 0 unspecified atom stereocenters. The second-order valence-corrected chi connectivity index (χ2v) is 7.32. The number of aromatic nitrogens is 4. The molecule has 156 valence electrons. The Morgan fingerprint density at radius 3 is 2.35 bits per heavy atom. The predicted octanol–water partition coefficient (Wildman–Crippen LogP) is 3.23. The Morgan fingerprint density at radius 1 is 0.968 bits per heavy atom. The summed E-state index contributed by atoms with van der Waals surface area (Å²) in [7, 11) is 0. The van der Waals surface area contributed by atoms with Crippen LogP contribution in [-0.2, 0) is 6.54 Å². The molecule has 0 saturated heterocycles. The minimum atomic E-state index is -0.735. The highest BCUT2D eigenvalue weighted by Crippen LogP contribution is 2.37. The van der Waals surface area contributed by atoms with Crippen molar-refractivity contribution in [2.75, 3.05) is 0 Å². The Labute approximate surface area is 184 Å². The van der Waals surface area contributed by atoms with Crippen molar-refractivity contribution in [3.8, 4) is 17.2 Å². The van der Waals surface area contributed by atoms with E-state index in [1.54, 1.807) is 6.20 Å². The van der Waals surface area contributed by atoms with Crippen LogP contribution in [0.5, 0.6) is 11.5 Å². The number of ether oxygens (including phenoxy) is 1. The monoisotopic (exact) mass is 456 g/mol. The maximum Gasteiger partial charge on any atom is 0.349 e. The van der Waals surface area contributed by atoms with Gasteiger partial charge in [0.05, 0.1) is 28.5 Å². The van der Waals surface area contributed by atoms with Crippen LogP contribution in [0.2, 0.25) is 10.0 Å². The van der Waals surface area contributed by atoms with Crippen molar-refractivity contribution in [3.63, 3.8) is 0 Å². The summed E-state index contributed by atoms with van der Waals surface area (Å²) in [6.07, 6.45) is 2.52. The number of nitrogens with zero attached hydrogens (tertiary/aromatic N) is 3. The molecular formula is C21H14Cl2N4O4. The normalized spacial score (nSPS) is 10.8. The summed E-state index contributed by atoms with van der Waals surface area (Å²) < 4.78 is 8.28. The van der Waals surface area contributed by atoms with Gasteiger partial charge in [-0.1, -0.05) is 53.5 Å². The molecule has 1 N–H and O–H groups in total. The second kappa shape index (κ2) is 8.63. The molecule has 0 aliphatic rings. The molecule has 0 spiro atoms. The highest BCUT2D eigenvalue weighted by Gasteiger charge is 2.14. The van der Waals surface area contributed by atoms with E-state index < -0.39 is 11.2 Å². The fourth-order valence-electron chi connectivity index (χ4n) is 2.89. The Kier molecular flexibility index (Phi) is 5.75. The van der Waals surface area contributed by atoms with Gasteiger partial charge >= 0.3 is 5.69 Å². The first-order valence-corrected chi connectivity index (χ1v) is 9.76. The lowest BCUT2D eigenvalue weighted by Gasteiger charge is -2.13. The third kappa shape index (κ3) is 4.60. The molecule has 0 atom stereocenters. The quantitative estimate of drug-likeness (QED) is 0.496. The largest absolute Gasteiger partial charge is 0.453 e. The molecule has 2 heterocycles. The maximum atomic E-state index is 12.2. The Morgan fingerprint density at radius 2 is 1.68 bits per heavy atom. The summed E-state index contributed by atoms with van der Waals surface area (Å²) in [5.41, 5.74) is -0.337. The molecule has 0 saturated carbocycles. The van der Waals surface area contributed by atoms with Crippen LogP contribution in [-0.4, -0.2) is 19.3 Å². The first kappa shape index (κ1) is 20.6. The standard InChI is InChI=1S/C21H14Cl2N4O4/c22-16-8-14(27-21(30)25-18(28)10-24-27)9-17(23)20(16)31-15-6-7-19(29)26(12-15)11-13-4-2-1-3-5-13/h1-10,12H,11H2,(H,25,28,30). The molecule has 10 heteroatoms. The molecule has 8 nitrogen and oxygen atoms in total. The van der Waals surface area contributed by atoms with E-state index in [2.05, 4.69) is 10.1 Å². The minimum absolute atomic E-state index is 0.114. The molecule has 0 fully saturated rings.